The normalized spacial score (nSPS) is 15.6. The van der Waals surface area contributed by atoms with E-state index in [9.17, 15) is 9.59 Å². The summed E-state index contributed by atoms with van der Waals surface area (Å²) in [5, 5.41) is 6.08. The highest BCUT2D eigenvalue weighted by Crippen LogP contribution is 2.25. The van der Waals surface area contributed by atoms with Crippen LogP contribution in [0.5, 0.6) is 0 Å². The van der Waals surface area contributed by atoms with Crippen LogP contribution < -0.4 is 16.4 Å². The Balaban J connectivity index is 2.18. The van der Waals surface area contributed by atoms with Gasteiger partial charge in [-0.15, -0.1) is 0 Å². The number of amides is 2. The second kappa shape index (κ2) is 4.58. The van der Waals surface area contributed by atoms with Gasteiger partial charge >= 0.3 is 0 Å². The summed E-state index contributed by atoms with van der Waals surface area (Å²) in [6.07, 6.45) is 0. The quantitative estimate of drug-likeness (QED) is 0.651. The molecule has 4 N–H and O–H groups in total. The van der Waals surface area contributed by atoms with Gasteiger partial charge < -0.3 is 21.3 Å². The van der Waals surface area contributed by atoms with E-state index in [1.165, 1.54) is 16.2 Å². The van der Waals surface area contributed by atoms with Crippen LogP contribution in [0.25, 0.3) is 0 Å². The minimum Gasteiger partial charge on any atom is -0.382 e. The van der Waals surface area contributed by atoms with E-state index in [1.807, 2.05) is 0 Å². The second-order valence-electron chi connectivity index (χ2n) is 3.56. The van der Waals surface area contributed by atoms with Gasteiger partial charge in [0.1, 0.15) is 10.7 Å². The summed E-state index contributed by atoms with van der Waals surface area (Å²) in [6.45, 7) is 1.05. The third kappa shape index (κ3) is 2.31. The zero-order chi connectivity index (χ0) is 12.4. The molecule has 0 saturated carbocycles. The summed E-state index contributed by atoms with van der Waals surface area (Å²) in [7, 11) is 1.71. The molecule has 7 nitrogen and oxygen atoms in total. The number of carbonyl (C=O) groups excluding carboxylic acids is 2. The average Bonchev–Trinajstić information content (AvgIpc) is 2.69. The largest absolute Gasteiger partial charge is 0.382 e. The summed E-state index contributed by atoms with van der Waals surface area (Å²) in [5.41, 5.74) is 5.67. The molecule has 1 saturated heterocycles. The highest BCUT2D eigenvalue weighted by atomic mass is 32.1. The van der Waals surface area contributed by atoms with Gasteiger partial charge in [-0.25, -0.2) is 4.98 Å². The summed E-state index contributed by atoms with van der Waals surface area (Å²) < 4.78 is 0. The zero-order valence-corrected chi connectivity index (χ0v) is 10.1. The van der Waals surface area contributed by atoms with Crippen molar-refractivity contribution >= 4 is 34.1 Å². The van der Waals surface area contributed by atoms with Gasteiger partial charge in [0, 0.05) is 20.1 Å². The first-order valence-electron chi connectivity index (χ1n) is 5.12. The fourth-order valence-electron chi connectivity index (χ4n) is 1.55. The number of nitrogens with zero attached hydrogens (tertiary/aromatic N) is 2. The van der Waals surface area contributed by atoms with E-state index in [4.69, 9.17) is 5.73 Å². The maximum Gasteiger partial charge on any atom is 0.268 e. The third-order valence-corrected chi connectivity index (χ3v) is 3.46. The lowest BCUT2D eigenvalue weighted by Crippen LogP contribution is -2.49. The molecule has 2 rings (SSSR count). The predicted molar refractivity (Wildman–Crippen MR) is 65.0 cm³/mol. The molecular formula is C9H13N5O2S. The van der Waals surface area contributed by atoms with Crippen molar-refractivity contribution in [1.29, 1.82) is 0 Å². The molecule has 0 atom stereocenters. The van der Waals surface area contributed by atoms with E-state index in [2.05, 4.69) is 15.6 Å². The summed E-state index contributed by atoms with van der Waals surface area (Å²) in [6, 6.07) is 0. The van der Waals surface area contributed by atoms with Gasteiger partial charge in [0.15, 0.2) is 5.13 Å². The Morgan fingerprint density at radius 1 is 1.65 bits per heavy atom. The average molecular weight is 255 g/mol. The van der Waals surface area contributed by atoms with Gasteiger partial charge in [-0.1, -0.05) is 11.3 Å². The van der Waals surface area contributed by atoms with Gasteiger partial charge in [-0.05, 0) is 0 Å². The highest BCUT2D eigenvalue weighted by molar-refractivity contribution is 7.18. The predicted octanol–water partition coefficient (Wildman–Crippen LogP) is -0.661. The van der Waals surface area contributed by atoms with Crippen molar-refractivity contribution in [3.63, 3.8) is 0 Å². The molecule has 0 aliphatic carbocycles. The Morgan fingerprint density at radius 3 is 3.00 bits per heavy atom. The third-order valence-electron chi connectivity index (χ3n) is 2.39. The number of anilines is 2. The number of carbonyl (C=O) groups is 2. The lowest BCUT2D eigenvalue weighted by Gasteiger charge is -2.26. The number of hydrogen-bond donors (Lipinski definition) is 3. The molecular weight excluding hydrogens is 242 g/mol. The van der Waals surface area contributed by atoms with Crippen LogP contribution in [0.2, 0.25) is 0 Å². The summed E-state index contributed by atoms with van der Waals surface area (Å²) in [4.78, 5) is 29.2. The molecule has 0 spiro atoms. The maximum atomic E-state index is 12.1. The van der Waals surface area contributed by atoms with Crippen LogP contribution in [0, 0.1) is 0 Å². The fourth-order valence-corrected chi connectivity index (χ4v) is 2.35. The second-order valence-corrected chi connectivity index (χ2v) is 4.56. The molecule has 2 amide bonds. The Morgan fingerprint density at radius 2 is 2.41 bits per heavy atom. The highest BCUT2D eigenvalue weighted by Gasteiger charge is 2.25. The number of thiazole rings is 1. The molecule has 1 aromatic heterocycles. The molecule has 0 unspecified atom stereocenters. The lowest BCUT2D eigenvalue weighted by molar-refractivity contribution is -0.123. The molecule has 2 heterocycles. The van der Waals surface area contributed by atoms with E-state index in [-0.39, 0.29) is 24.2 Å². The van der Waals surface area contributed by atoms with E-state index in [0.717, 1.165) is 0 Å². The van der Waals surface area contributed by atoms with Crippen molar-refractivity contribution in [1.82, 2.24) is 15.2 Å². The SMILES string of the molecule is CNc1nc(N)c(C(=O)N2CCNC(=O)C2)s1. The topological polar surface area (TPSA) is 100 Å². The number of nitrogens with one attached hydrogen (secondary N) is 2. The Bertz CT molecular complexity index is 458. The van der Waals surface area contributed by atoms with Crippen LogP contribution in [-0.2, 0) is 4.79 Å². The van der Waals surface area contributed by atoms with Crippen molar-refractivity contribution in [2.75, 3.05) is 37.7 Å². The number of nitrogens with two attached hydrogens (primary N) is 1. The van der Waals surface area contributed by atoms with Crippen LogP contribution in [-0.4, -0.2) is 48.4 Å². The van der Waals surface area contributed by atoms with Crippen LogP contribution >= 0.6 is 11.3 Å². The standard InChI is InChI=1S/C9H13N5O2S/c1-11-9-13-7(10)6(17-9)8(16)14-3-2-12-5(15)4-14/h2-4,10H2,1H3,(H,11,13)(H,12,15). The van der Waals surface area contributed by atoms with Crippen LogP contribution in [0.1, 0.15) is 9.67 Å². The molecule has 1 aliphatic rings. The van der Waals surface area contributed by atoms with Crippen molar-refractivity contribution in [2.24, 2.45) is 0 Å². The molecule has 0 radical (unpaired) electrons. The minimum absolute atomic E-state index is 0.0745. The van der Waals surface area contributed by atoms with Gasteiger partial charge in [0.25, 0.3) is 5.91 Å². The Kier molecular flexibility index (Phi) is 3.14. The van der Waals surface area contributed by atoms with E-state index in [1.54, 1.807) is 7.05 Å². The molecule has 1 aliphatic heterocycles. The van der Waals surface area contributed by atoms with Crippen molar-refractivity contribution in [2.45, 2.75) is 0 Å². The van der Waals surface area contributed by atoms with Crippen molar-refractivity contribution < 1.29 is 9.59 Å². The zero-order valence-electron chi connectivity index (χ0n) is 9.32. The number of rotatable bonds is 2. The van der Waals surface area contributed by atoms with Gasteiger partial charge in [0.2, 0.25) is 5.91 Å². The Hall–Kier alpha value is -1.83. The van der Waals surface area contributed by atoms with Crippen LogP contribution in [0.15, 0.2) is 0 Å². The number of hydrogen-bond acceptors (Lipinski definition) is 6. The molecule has 1 fully saturated rings. The van der Waals surface area contributed by atoms with Gasteiger partial charge in [-0.2, -0.15) is 0 Å². The Labute approximate surface area is 102 Å². The molecule has 1 aromatic rings. The smallest absolute Gasteiger partial charge is 0.268 e. The van der Waals surface area contributed by atoms with E-state index in [0.29, 0.717) is 23.1 Å². The van der Waals surface area contributed by atoms with E-state index < -0.39 is 0 Å². The molecule has 92 valence electrons. The number of aromatic nitrogens is 1. The number of nitrogen functional groups attached to an aromatic ring is 1. The molecule has 8 heteroatoms. The van der Waals surface area contributed by atoms with Crippen LogP contribution in [0.3, 0.4) is 0 Å². The van der Waals surface area contributed by atoms with Gasteiger partial charge in [0.05, 0.1) is 6.54 Å². The lowest BCUT2D eigenvalue weighted by atomic mass is 10.3. The van der Waals surface area contributed by atoms with E-state index >= 15 is 0 Å². The van der Waals surface area contributed by atoms with Crippen molar-refractivity contribution in [3.05, 3.63) is 4.88 Å². The molecule has 0 aromatic carbocycles. The fraction of sp³-hybridized carbons (Fsp3) is 0.444. The summed E-state index contributed by atoms with van der Waals surface area (Å²) in [5.74, 6) is -0.187. The minimum atomic E-state index is -0.239. The van der Waals surface area contributed by atoms with Gasteiger partial charge in [-0.3, -0.25) is 9.59 Å². The monoisotopic (exact) mass is 255 g/mol. The maximum absolute atomic E-state index is 12.1. The number of piperazine rings is 1. The first-order valence-corrected chi connectivity index (χ1v) is 5.93. The molecule has 0 bridgehead atoms. The first kappa shape index (κ1) is 11.6. The summed E-state index contributed by atoms with van der Waals surface area (Å²) >= 11 is 1.19. The molecule has 17 heavy (non-hydrogen) atoms. The first-order chi connectivity index (χ1) is 8.11. The van der Waals surface area contributed by atoms with Crippen molar-refractivity contribution in [3.8, 4) is 0 Å². The van der Waals surface area contributed by atoms with Crippen LogP contribution in [0.4, 0.5) is 10.9 Å².